The van der Waals surface area contributed by atoms with E-state index >= 15 is 0 Å². The van der Waals surface area contributed by atoms with E-state index in [9.17, 15) is 9.18 Å². The zero-order chi connectivity index (χ0) is 17.5. The monoisotopic (exact) mass is 330 g/mol. The lowest BCUT2D eigenvalue weighted by Crippen LogP contribution is -2.10. The van der Waals surface area contributed by atoms with E-state index in [-0.39, 0.29) is 18.4 Å². The predicted molar refractivity (Wildman–Crippen MR) is 91.9 cm³/mol. The highest BCUT2D eigenvalue weighted by molar-refractivity contribution is 5.72. The van der Waals surface area contributed by atoms with E-state index in [0.717, 1.165) is 17.5 Å². The van der Waals surface area contributed by atoms with Crippen molar-refractivity contribution in [2.24, 2.45) is 0 Å². The van der Waals surface area contributed by atoms with Gasteiger partial charge in [-0.25, -0.2) is 4.39 Å². The highest BCUT2D eigenvalue weighted by atomic mass is 19.1. The zero-order valence-electron chi connectivity index (χ0n) is 14.4. The van der Waals surface area contributed by atoms with Crippen molar-refractivity contribution in [3.63, 3.8) is 0 Å². The van der Waals surface area contributed by atoms with Crippen LogP contribution in [0.3, 0.4) is 0 Å². The maximum absolute atomic E-state index is 13.9. The van der Waals surface area contributed by atoms with Crippen LogP contribution in [0.5, 0.6) is 11.5 Å². The topological polar surface area (TPSA) is 35.5 Å². The van der Waals surface area contributed by atoms with Gasteiger partial charge in [-0.2, -0.15) is 0 Å². The van der Waals surface area contributed by atoms with Gasteiger partial charge >= 0.3 is 5.97 Å². The Kier molecular flexibility index (Phi) is 6.36. The molecule has 2 aromatic carbocycles. The molecule has 0 aliphatic rings. The first-order valence-corrected chi connectivity index (χ1v) is 8.31. The molecule has 24 heavy (non-hydrogen) atoms. The molecule has 4 heteroatoms. The van der Waals surface area contributed by atoms with Crippen LogP contribution in [0.25, 0.3) is 0 Å². The molecular formula is C20H23FO3. The highest BCUT2D eigenvalue weighted by Crippen LogP contribution is 2.26. The van der Waals surface area contributed by atoms with Crippen molar-refractivity contribution in [2.45, 2.75) is 46.6 Å². The number of carbonyl (C=O) groups is 1. The maximum Gasteiger partial charge on any atom is 0.310 e. The Morgan fingerprint density at radius 1 is 1.04 bits per heavy atom. The fourth-order valence-corrected chi connectivity index (χ4v) is 2.46. The van der Waals surface area contributed by atoms with Crippen molar-refractivity contribution in [2.75, 3.05) is 0 Å². The van der Waals surface area contributed by atoms with E-state index in [2.05, 4.69) is 0 Å². The molecule has 0 heterocycles. The Bertz CT molecular complexity index is 710. The third-order valence-corrected chi connectivity index (χ3v) is 3.91. The molecule has 128 valence electrons. The molecule has 2 rings (SSSR count). The molecule has 0 amide bonds. The van der Waals surface area contributed by atoms with E-state index in [1.54, 1.807) is 25.1 Å². The zero-order valence-corrected chi connectivity index (χ0v) is 14.4. The lowest BCUT2D eigenvalue weighted by atomic mass is 10.0. The van der Waals surface area contributed by atoms with Crippen molar-refractivity contribution in [3.8, 4) is 11.5 Å². The van der Waals surface area contributed by atoms with Crippen molar-refractivity contribution in [1.82, 2.24) is 0 Å². The standard InChI is InChI=1S/C20H23FO3/c1-4-14-8-7-9-19(24-20(22)6-3)17(14)13-23-16-11-10-15(5-2)18(21)12-16/h7-12H,4-6,13H2,1-3H3. The van der Waals surface area contributed by atoms with Crippen molar-refractivity contribution < 1.29 is 18.7 Å². The first-order valence-electron chi connectivity index (χ1n) is 8.31. The number of ether oxygens (including phenoxy) is 2. The number of carbonyl (C=O) groups excluding carboxylic acids is 1. The van der Waals surface area contributed by atoms with Crippen LogP contribution in [0, 0.1) is 5.82 Å². The van der Waals surface area contributed by atoms with Gasteiger partial charge in [0.05, 0.1) is 0 Å². The van der Waals surface area contributed by atoms with Crippen LogP contribution in [-0.2, 0) is 24.2 Å². The molecule has 2 aromatic rings. The van der Waals surface area contributed by atoms with Gasteiger partial charge in [-0.1, -0.05) is 39.0 Å². The number of rotatable bonds is 7. The maximum atomic E-state index is 13.9. The minimum atomic E-state index is -0.289. The minimum Gasteiger partial charge on any atom is -0.489 e. The Morgan fingerprint density at radius 3 is 2.42 bits per heavy atom. The smallest absolute Gasteiger partial charge is 0.310 e. The van der Waals surface area contributed by atoms with Crippen LogP contribution < -0.4 is 9.47 Å². The molecule has 0 spiro atoms. The number of esters is 1. The third kappa shape index (κ3) is 4.34. The van der Waals surface area contributed by atoms with Gasteiger partial charge in [-0.3, -0.25) is 4.79 Å². The van der Waals surface area contributed by atoms with Crippen LogP contribution in [0.4, 0.5) is 4.39 Å². The summed E-state index contributed by atoms with van der Waals surface area (Å²) in [6, 6.07) is 10.5. The van der Waals surface area contributed by atoms with Gasteiger partial charge in [0.15, 0.2) is 0 Å². The normalized spacial score (nSPS) is 10.5. The number of halogens is 1. The fourth-order valence-electron chi connectivity index (χ4n) is 2.46. The summed E-state index contributed by atoms with van der Waals surface area (Å²) in [5.74, 6) is 0.412. The second kappa shape index (κ2) is 8.48. The third-order valence-electron chi connectivity index (χ3n) is 3.91. The number of hydrogen-bond donors (Lipinski definition) is 0. The van der Waals surface area contributed by atoms with Gasteiger partial charge in [-0.15, -0.1) is 0 Å². The fraction of sp³-hybridized carbons (Fsp3) is 0.350. The van der Waals surface area contributed by atoms with Gasteiger partial charge in [-0.05, 0) is 36.1 Å². The molecule has 0 aromatic heterocycles. The largest absolute Gasteiger partial charge is 0.489 e. The van der Waals surface area contributed by atoms with Crippen LogP contribution in [0.15, 0.2) is 36.4 Å². The summed E-state index contributed by atoms with van der Waals surface area (Å²) >= 11 is 0. The summed E-state index contributed by atoms with van der Waals surface area (Å²) in [6.45, 7) is 5.91. The summed E-state index contributed by atoms with van der Waals surface area (Å²) in [5.41, 5.74) is 2.53. The van der Waals surface area contributed by atoms with E-state index in [1.807, 2.05) is 26.0 Å². The quantitative estimate of drug-likeness (QED) is 0.538. The second-order valence-corrected chi connectivity index (χ2v) is 5.47. The minimum absolute atomic E-state index is 0.223. The van der Waals surface area contributed by atoms with E-state index < -0.39 is 0 Å². The summed E-state index contributed by atoms with van der Waals surface area (Å²) in [5, 5.41) is 0. The Labute approximate surface area is 142 Å². The molecular weight excluding hydrogens is 307 g/mol. The van der Waals surface area contributed by atoms with Gasteiger partial charge in [0, 0.05) is 18.1 Å². The highest BCUT2D eigenvalue weighted by Gasteiger charge is 2.13. The first-order chi connectivity index (χ1) is 11.6. The van der Waals surface area contributed by atoms with Gasteiger partial charge in [0.1, 0.15) is 23.9 Å². The van der Waals surface area contributed by atoms with E-state index in [1.165, 1.54) is 6.07 Å². The van der Waals surface area contributed by atoms with Crippen LogP contribution in [0.2, 0.25) is 0 Å². The molecule has 0 bridgehead atoms. The molecule has 0 atom stereocenters. The Hall–Kier alpha value is -2.36. The molecule has 3 nitrogen and oxygen atoms in total. The number of benzene rings is 2. The summed E-state index contributed by atoms with van der Waals surface area (Å²) in [7, 11) is 0. The van der Waals surface area contributed by atoms with Crippen LogP contribution >= 0.6 is 0 Å². The molecule has 0 fully saturated rings. The SMILES string of the molecule is CCC(=O)Oc1cccc(CC)c1COc1ccc(CC)c(F)c1. The van der Waals surface area contributed by atoms with Gasteiger partial charge in [0.25, 0.3) is 0 Å². The Morgan fingerprint density at radius 2 is 1.79 bits per heavy atom. The van der Waals surface area contributed by atoms with Gasteiger partial charge in [0.2, 0.25) is 0 Å². The van der Waals surface area contributed by atoms with Crippen molar-refractivity contribution in [1.29, 1.82) is 0 Å². The van der Waals surface area contributed by atoms with E-state index in [0.29, 0.717) is 29.9 Å². The summed E-state index contributed by atoms with van der Waals surface area (Å²) in [4.78, 5) is 11.6. The summed E-state index contributed by atoms with van der Waals surface area (Å²) in [6.07, 6.45) is 1.74. The molecule has 0 N–H and O–H groups in total. The Balaban J connectivity index is 2.21. The molecule has 0 saturated carbocycles. The lowest BCUT2D eigenvalue weighted by Gasteiger charge is -2.15. The molecule has 0 saturated heterocycles. The molecule has 0 aliphatic carbocycles. The predicted octanol–water partition coefficient (Wildman–Crippen LogP) is 4.84. The summed E-state index contributed by atoms with van der Waals surface area (Å²) < 4.78 is 25.0. The van der Waals surface area contributed by atoms with Gasteiger partial charge < -0.3 is 9.47 Å². The molecule has 0 aliphatic heterocycles. The molecule has 0 radical (unpaired) electrons. The first kappa shape index (κ1) is 18.0. The van der Waals surface area contributed by atoms with Crippen LogP contribution in [-0.4, -0.2) is 5.97 Å². The van der Waals surface area contributed by atoms with E-state index in [4.69, 9.17) is 9.47 Å². The average Bonchev–Trinajstić information content (AvgIpc) is 2.60. The van der Waals surface area contributed by atoms with Crippen molar-refractivity contribution in [3.05, 3.63) is 58.9 Å². The van der Waals surface area contributed by atoms with Crippen LogP contribution in [0.1, 0.15) is 43.9 Å². The number of hydrogen-bond acceptors (Lipinski definition) is 3. The van der Waals surface area contributed by atoms with Crippen molar-refractivity contribution >= 4 is 5.97 Å². The second-order valence-electron chi connectivity index (χ2n) is 5.47. The number of aryl methyl sites for hydroxylation is 2. The lowest BCUT2D eigenvalue weighted by molar-refractivity contribution is -0.134. The molecule has 0 unspecified atom stereocenters. The average molecular weight is 330 g/mol.